The molecule has 0 radical (unpaired) electrons. The van der Waals surface area contributed by atoms with Crippen molar-refractivity contribution in [3.63, 3.8) is 0 Å². The summed E-state index contributed by atoms with van der Waals surface area (Å²) in [5.74, 6) is 3.02. The lowest BCUT2D eigenvalue weighted by molar-refractivity contribution is -0.120. The second-order valence-corrected chi connectivity index (χ2v) is 8.99. The minimum Gasteiger partial charge on any atom is -0.477 e. The quantitative estimate of drug-likeness (QED) is 0.644. The van der Waals surface area contributed by atoms with Crippen LogP contribution in [0, 0.1) is 11.7 Å². The van der Waals surface area contributed by atoms with Gasteiger partial charge < -0.3 is 10.1 Å². The predicted molar refractivity (Wildman–Crippen MR) is 120 cm³/mol. The number of fused-ring (bicyclic) bond motifs is 1. The van der Waals surface area contributed by atoms with E-state index in [1.54, 1.807) is 18.3 Å². The Morgan fingerprint density at radius 2 is 1.97 bits per heavy atom. The van der Waals surface area contributed by atoms with E-state index >= 15 is 0 Å². The number of carbonyl (C=O) groups excluding carboxylic acids is 1. The summed E-state index contributed by atoms with van der Waals surface area (Å²) in [6.45, 7) is 1.38. The van der Waals surface area contributed by atoms with Gasteiger partial charge in [0.2, 0.25) is 11.8 Å². The van der Waals surface area contributed by atoms with Crippen molar-refractivity contribution in [1.29, 1.82) is 0 Å². The molecule has 0 saturated carbocycles. The Morgan fingerprint density at radius 1 is 1.16 bits per heavy atom. The number of aryl methyl sites for hydroxylation is 1. The minimum atomic E-state index is -0.291. The molecule has 4 heterocycles. The van der Waals surface area contributed by atoms with Crippen LogP contribution in [0.25, 0.3) is 22.4 Å². The Morgan fingerprint density at radius 3 is 2.77 bits per heavy atom. The van der Waals surface area contributed by atoms with E-state index in [1.165, 1.54) is 12.1 Å². The molecule has 1 N–H and O–H groups in total. The normalized spacial score (nSPS) is 16.4. The van der Waals surface area contributed by atoms with Crippen molar-refractivity contribution in [1.82, 2.24) is 14.8 Å². The van der Waals surface area contributed by atoms with Crippen molar-refractivity contribution >= 4 is 23.5 Å². The summed E-state index contributed by atoms with van der Waals surface area (Å²) in [5, 5.41) is 7.73. The van der Waals surface area contributed by atoms with E-state index in [9.17, 15) is 9.18 Å². The molecular weight excluding hydrogens is 415 g/mol. The van der Waals surface area contributed by atoms with Crippen LogP contribution in [-0.2, 0) is 11.3 Å². The van der Waals surface area contributed by atoms with Crippen LogP contribution in [0.4, 0.5) is 10.2 Å². The van der Waals surface area contributed by atoms with Crippen molar-refractivity contribution in [2.45, 2.75) is 25.8 Å². The molecule has 160 valence electrons. The molecule has 5 rings (SSSR count). The monoisotopic (exact) mass is 438 g/mol. The summed E-state index contributed by atoms with van der Waals surface area (Å²) < 4.78 is 21.3. The lowest BCUT2D eigenvalue weighted by atomic mass is 10.0. The number of ether oxygens (including phenoxy) is 1. The average molecular weight is 439 g/mol. The third-order valence-corrected chi connectivity index (χ3v) is 6.72. The molecule has 1 fully saturated rings. The molecule has 31 heavy (non-hydrogen) atoms. The second kappa shape index (κ2) is 8.70. The highest BCUT2D eigenvalue weighted by molar-refractivity contribution is 7.99. The van der Waals surface area contributed by atoms with Gasteiger partial charge in [-0.05, 0) is 66.3 Å². The third kappa shape index (κ3) is 4.17. The Bertz CT molecular complexity index is 1090. The van der Waals surface area contributed by atoms with Crippen LogP contribution >= 0.6 is 11.8 Å². The van der Waals surface area contributed by atoms with E-state index in [0.29, 0.717) is 18.3 Å². The number of aromatic nitrogens is 3. The number of halogens is 1. The van der Waals surface area contributed by atoms with Crippen LogP contribution in [-0.4, -0.2) is 38.8 Å². The number of hydrogen-bond acceptors (Lipinski definition) is 5. The molecule has 0 aliphatic carbocycles. The van der Waals surface area contributed by atoms with Gasteiger partial charge in [-0.3, -0.25) is 4.79 Å². The predicted octanol–water partition coefficient (Wildman–Crippen LogP) is 4.62. The van der Waals surface area contributed by atoms with Crippen LogP contribution < -0.4 is 10.1 Å². The number of benzene rings is 1. The fourth-order valence-corrected chi connectivity index (χ4v) is 5.15. The first-order valence-electron chi connectivity index (χ1n) is 10.5. The maximum atomic E-state index is 13.5. The van der Waals surface area contributed by atoms with Crippen molar-refractivity contribution < 1.29 is 13.9 Å². The maximum Gasteiger partial charge on any atom is 0.228 e. The highest BCUT2D eigenvalue weighted by atomic mass is 32.2. The highest BCUT2D eigenvalue weighted by Gasteiger charge is 2.26. The Hall–Kier alpha value is -2.87. The molecule has 1 saturated heterocycles. The smallest absolute Gasteiger partial charge is 0.228 e. The van der Waals surface area contributed by atoms with Crippen LogP contribution in [0.15, 0.2) is 42.6 Å². The van der Waals surface area contributed by atoms with Crippen molar-refractivity contribution in [3.8, 4) is 28.3 Å². The summed E-state index contributed by atoms with van der Waals surface area (Å²) in [6.07, 6.45) is 4.36. The van der Waals surface area contributed by atoms with E-state index in [0.717, 1.165) is 59.7 Å². The fourth-order valence-electron chi connectivity index (χ4n) is 4.04. The molecule has 1 amide bonds. The SMILES string of the molecule is O=C(Nc1cc(-c2c(-c3ccc(F)cc3)nn3c2OCCC3)ccn1)C1CCSCC1. The van der Waals surface area contributed by atoms with Gasteiger partial charge in [-0.15, -0.1) is 0 Å². The molecule has 1 aromatic carbocycles. The molecule has 3 aromatic rings. The summed E-state index contributed by atoms with van der Waals surface area (Å²) >= 11 is 1.89. The summed E-state index contributed by atoms with van der Waals surface area (Å²) in [5.41, 5.74) is 3.22. The zero-order valence-electron chi connectivity index (χ0n) is 17.0. The zero-order chi connectivity index (χ0) is 21.2. The first-order chi connectivity index (χ1) is 15.2. The second-order valence-electron chi connectivity index (χ2n) is 7.77. The Kier molecular flexibility index (Phi) is 5.63. The molecular formula is C23H23FN4O2S. The van der Waals surface area contributed by atoms with Gasteiger partial charge in [-0.25, -0.2) is 14.1 Å². The molecule has 2 aliphatic heterocycles. The van der Waals surface area contributed by atoms with Gasteiger partial charge >= 0.3 is 0 Å². The molecule has 0 atom stereocenters. The zero-order valence-corrected chi connectivity index (χ0v) is 17.8. The molecule has 2 aromatic heterocycles. The standard InChI is InChI=1S/C23H23FN4O2S/c24-18-4-2-15(3-5-18)21-20(23-28(27-21)10-1-11-30-23)17-6-9-25-19(14-17)26-22(29)16-7-12-31-13-8-16/h2-6,9,14,16H,1,7-8,10-13H2,(H,25,26,29). The van der Waals surface area contributed by atoms with E-state index in [4.69, 9.17) is 9.84 Å². The van der Waals surface area contributed by atoms with E-state index < -0.39 is 0 Å². The highest BCUT2D eigenvalue weighted by Crippen LogP contribution is 2.41. The summed E-state index contributed by atoms with van der Waals surface area (Å²) in [6, 6.07) is 10.0. The van der Waals surface area contributed by atoms with Crippen LogP contribution in [0.5, 0.6) is 5.88 Å². The number of hydrogen-bond donors (Lipinski definition) is 1. The molecule has 8 heteroatoms. The molecule has 0 spiro atoms. The van der Waals surface area contributed by atoms with E-state index in [1.807, 2.05) is 28.6 Å². The maximum absolute atomic E-state index is 13.5. The van der Waals surface area contributed by atoms with Gasteiger partial charge in [-0.1, -0.05) is 0 Å². The largest absolute Gasteiger partial charge is 0.477 e. The lowest BCUT2D eigenvalue weighted by Crippen LogP contribution is -2.26. The van der Waals surface area contributed by atoms with Gasteiger partial charge in [0.05, 0.1) is 12.2 Å². The van der Waals surface area contributed by atoms with Gasteiger partial charge in [0.25, 0.3) is 0 Å². The van der Waals surface area contributed by atoms with Gasteiger partial charge in [0, 0.05) is 30.6 Å². The first-order valence-corrected chi connectivity index (χ1v) is 11.7. The van der Waals surface area contributed by atoms with Crippen molar-refractivity contribution in [3.05, 3.63) is 48.4 Å². The number of nitrogens with one attached hydrogen (secondary N) is 1. The number of amides is 1. The van der Waals surface area contributed by atoms with Crippen molar-refractivity contribution in [2.24, 2.45) is 5.92 Å². The molecule has 0 unspecified atom stereocenters. The first kappa shape index (κ1) is 20.1. The van der Waals surface area contributed by atoms with Gasteiger partial charge in [-0.2, -0.15) is 16.9 Å². The minimum absolute atomic E-state index is 0.0250. The van der Waals surface area contributed by atoms with Crippen molar-refractivity contribution in [2.75, 3.05) is 23.4 Å². The number of carbonyl (C=O) groups is 1. The number of pyridine rings is 1. The lowest BCUT2D eigenvalue weighted by Gasteiger charge is -2.20. The van der Waals surface area contributed by atoms with Crippen LogP contribution in [0.3, 0.4) is 0 Å². The summed E-state index contributed by atoms with van der Waals surface area (Å²) in [4.78, 5) is 17.0. The topological polar surface area (TPSA) is 69.0 Å². The molecule has 2 aliphatic rings. The van der Waals surface area contributed by atoms with Gasteiger partial charge in [0.1, 0.15) is 17.3 Å². The third-order valence-electron chi connectivity index (χ3n) is 5.67. The number of nitrogens with zero attached hydrogens (tertiary/aromatic N) is 3. The van der Waals surface area contributed by atoms with Crippen LogP contribution in [0.1, 0.15) is 19.3 Å². The number of thioether (sulfide) groups is 1. The summed E-state index contributed by atoms with van der Waals surface area (Å²) in [7, 11) is 0. The fraction of sp³-hybridized carbons (Fsp3) is 0.348. The van der Waals surface area contributed by atoms with Gasteiger partial charge in [0.15, 0.2) is 0 Å². The Labute approximate surface area is 184 Å². The van der Waals surface area contributed by atoms with Crippen LogP contribution in [0.2, 0.25) is 0 Å². The van der Waals surface area contributed by atoms with E-state index in [2.05, 4.69) is 10.3 Å². The van der Waals surface area contributed by atoms with E-state index in [-0.39, 0.29) is 17.6 Å². The number of rotatable bonds is 4. The average Bonchev–Trinajstić information content (AvgIpc) is 3.20. The molecule has 6 nitrogen and oxygen atoms in total. The number of anilines is 1. The molecule has 0 bridgehead atoms. The Balaban J connectivity index is 1.51.